The van der Waals surface area contributed by atoms with Gasteiger partial charge < -0.3 is 21.1 Å². The highest BCUT2D eigenvalue weighted by atomic mass is 16.4. The number of amides is 3. The summed E-state index contributed by atoms with van der Waals surface area (Å²) in [6, 6.07) is -0.837. The first-order chi connectivity index (χ1) is 8.67. The van der Waals surface area contributed by atoms with Crippen LogP contribution in [0.5, 0.6) is 0 Å². The summed E-state index contributed by atoms with van der Waals surface area (Å²) in [5, 5.41) is 11.5. The maximum atomic E-state index is 12.0. The molecule has 1 heterocycles. The first kappa shape index (κ1) is 15.3. The van der Waals surface area contributed by atoms with E-state index in [4.69, 9.17) is 10.8 Å². The number of carbonyl (C=O) groups is 3. The van der Waals surface area contributed by atoms with Gasteiger partial charge in [0, 0.05) is 19.1 Å². The van der Waals surface area contributed by atoms with Crippen LogP contribution in [0.4, 0.5) is 4.79 Å². The predicted molar refractivity (Wildman–Crippen MR) is 68.3 cm³/mol. The smallest absolute Gasteiger partial charge is 0.317 e. The number of hydrogen-bond donors (Lipinski definition) is 3. The van der Waals surface area contributed by atoms with E-state index in [1.54, 1.807) is 13.8 Å². The number of carbonyl (C=O) groups excluding carboxylic acids is 2. The molecule has 3 unspecified atom stereocenters. The molecule has 0 aliphatic carbocycles. The molecule has 1 fully saturated rings. The zero-order chi connectivity index (χ0) is 14.8. The van der Waals surface area contributed by atoms with Crippen molar-refractivity contribution in [3.8, 4) is 0 Å². The minimum atomic E-state index is -0.962. The Balaban J connectivity index is 2.57. The molecule has 19 heavy (non-hydrogen) atoms. The van der Waals surface area contributed by atoms with Gasteiger partial charge in [-0.15, -0.1) is 0 Å². The van der Waals surface area contributed by atoms with E-state index in [2.05, 4.69) is 5.32 Å². The van der Waals surface area contributed by atoms with Crippen molar-refractivity contribution in [2.75, 3.05) is 13.1 Å². The highest BCUT2D eigenvalue weighted by Crippen LogP contribution is 2.29. The maximum absolute atomic E-state index is 12.0. The van der Waals surface area contributed by atoms with Crippen LogP contribution in [-0.4, -0.2) is 47.0 Å². The molecule has 0 radical (unpaired) electrons. The van der Waals surface area contributed by atoms with Gasteiger partial charge in [-0.05, 0) is 27.2 Å². The largest absolute Gasteiger partial charge is 0.481 e. The first-order valence-corrected chi connectivity index (χ1v) is 6.25. The Labute approximate surface area is 112 Å². The second kappa shape index (κ2) is 5.46. The third-order valence-corrected chi connectivity index (χ3v) is 3.85. The summed E-state index contributed by atoms with van der Waals surface area (Å²) in [4.78, 5) is 35.6. The van der Waals surface area contributed by atoms with Crippen molar-refractivity contribution in [1.82, 2.24) is 10.2 Å². The molecule has 0 aromatic rings. The van der Waals surface area contributed by atoms with Crippen LogP contribution in [0.3, 0.4) is 0 Å². The number of carboxylic acids is 1. The number of hydrogen-bond acceptors (Lipinski definition) is 3. The minimum Gasteiger partial charge on any atom is -0.481 e. The molecule has 0 aromatic carbocycles. The van der Waals surface area contributed by atoms with Gasteiger partial charge in [-0.25, -0.2) is 4.79 Å². The molecule has 4 N–H and O–H groups in total. The molecular formula is C12H21N3O4. The van der Waals surface area contributed by atoms with Gasteiger partial charge in [-0.1, -0.05) is 0 Å². The lowest BCUT2D eigenvalue weighted by Gasteiger charge is -2.24. The molecule has 1 rings (SSSR count). The Morgan fingerprint density at radius 3 is 2.37 bits per heavy atom. The van der Waals surface area contributed by atoms with E-state index < -0.39 is 29.3 Å². The molecule has 0 bridgehead atoms. The van der Waals surface area contributed by atoms with Gasteiger partial charge in [0.2, 0.25) is 5.91 Å². The second-order valence-corrected chi connectivity index (χ2v) is 5.46. The molecule has 108 valence electrons. The average Bonchev–Trinajstić information content (AvgIpc) is 2.72. The topological polar surface area (TPSA) is 113 Å². The number of aliphatic carboxylic acids is 1. The van der Waals surface area contributed by atoms with Gasteiger partial charge in [-0.2, -0.15) is 0 Å². The Hall–Kier alpha value is -1.79. The van der Waals surface area contributed by atoms with Crippen molar-refractivity contribution in [3.05, 3.63) is 0 Å². The predicted octanol–water partition coefficient (Wildman–Crippen LogP) is 0.00250. The third kappa shape index (κ3) is 3.36. The number of likely N-dealkylation sites (tertiary alicyclic amines) is 1. The second-order valence-electron chi connectivity index (χ2n) is 5.46. The van der Waals surface area contributed by atoms with Crippen molar-refractivity contribution in [2.24, 2.45) is 17.1 Å². The Bertz CT molecular complexity index is 398. The van der Waals surface area contributed by atoms with E-state index in [9.17, 15) is 14.4 Å². The van der Waals surface area contributed by atoms with Crippen molar-refractivity contribution in [3.63, 3.8) is 0 Å². The molecule has 0 spiro atoms. The standard InChI is InChI=1S/C12H21N3O4/c1-7(9(16)17)8(2)14-11(19)15-5-4-12(3,6-15)10(13)18/h7-8H,4-6H2,1-3H3,(H2,13,18)(H,14,19)(H,16,17). The summed E-state index contributed by atoms with van der Waals surface area (Å²) in [6.07, 6.45) is 0.526. The van der Waals surface area contributed by atoms with Crippen molar-refractivity contribution < 1.29 is 19.5 Å². The molecule has 3 atom stereocenters. The van der Waals surface area contributed by atoms with Gasteiger partial charge in [0.25, 0.3) is 0 Å². The van der Waals surface area contributed by atoms with Crippen LogP contribution in [-0.2, 0) is 9.59 Å². The van der Waals surface area contributed by atoms with Crippen LogP contribution >= 0.6 is 0 Å². The van der Waals surface area contributed by atoms with Crippen molar-refractivity contribution in [2.45, 2.75) is 33.2 Å². The molecular weight excluding hydrogens is 250 g/mol. The van der Waals surface area contributed by atoms with Crippen LogP contribution in [0.2, 0.25) is 0 Å². The number of nitrogens with one attached hydrogen (secondary N) is 1. The van der Waals surface area contributed by atoms with Crippen molar-refractivity contribution in [1.29, 1.82) is 0 Å². The number of urea groups is 1. The molecule has 7 heteroatoms. The summed E-state index contributed by atoms with van der Waals surface area (Å²) >= 11 is 0. The molecule has 1 aliphatic rings. The molecule has 0 aromatic heterocycles. The summed E-state index contributed by atoms with van der Waals surface area (Å²) < 4.78 is 0. The van der Waals surface area contributed by atoms with Crippen molar-refractivity contribution >= 4 is 17.9 Å². The minimum absolute atomic E-state index is 0.266. The number of nitrogens with zero attached hydrogens (tertiary/aromatic N) is 1. The van der Waals surface area contributed by atoms with Crippen LogP contribution < -0.4 is 11.1 Å². The maximum Gasteiger partial charge on any atom is 0.317 e. The first-order valence-electron chi connectivity index (χ1n) is 6.25. The molecule has 1 saturated heterocycles. The average molecular weight is 271 g/mol. The monoisotopic (exact) mass is 271 g/mol. The fraction of sp³-hybridized carbons (Fsp3) is 0.750. The van der Waals surface area contributed by atoms with Gasteiger partial charge >= 0.3 is 12.0 Å². The van der Waals surface area contributed by atoms with Gasteiger partial charge in [-0.3, -0.25) is 9.59 Å². The third-order valence-electron chi connectivity index (χ3n) is 3.85. The van der Waals surface area contributed by atoms with Crippen LogP contribution in [0.1, 0.15) is 27.2 Å². The number of rotatable bonds is 4. The molecule has 7 nitrogen and oxygen atoms in total. The highest BCUT2D eigenvalue weighted by Gasteiger charge is 2.41. The lowest BCUT2D eigenvalue weighted by atomic mass is 9.89. The number of carboxylic acid groups (broad SMARTS) is 1. The Morgan fingerprint density at radius 2 is 1.95 bits per heavy atom. The Kier molecular flexibility index (Phi) is 4.39. The van der Waals surface area contributed by atoms with E-state index >= 15 is 0 Å². The SMILES string of the molecule is CC(NC(=O)N1CCC(C)(C(N)=O)C1)C(C)C(=O)O. The zero-order valence-electron chi connectivity index (χ0n) is 11.5. The molecule has 3 amide bonds. The van der Waals surface area contributed by atoms with E-state index in [0.29, 0.717) is 13.0 Å². The van der Waals surface area contributed by atoms with Gasteiger partial charge in [0.15, 0.2) is 0 Å². The fourth-order valence-corrected chi connectivity index (χ4v) is 1.96. The summed E-state index contributed by atoms with van der Waals surface area (Å²) in [5.41, 5.74) is 4.61. The quantitative estimate of drug-likeness (QED) is 0.668. The van der Waals surface area contributed by atoms with E-state index in [-0.39, 0.29) is 12.6 Å². The normalized spacial score (nSPS) is 25.7. The lowest BCUT2D eigenvalue weighted by molar-refractivity contribution is -0.141. The summed E-state index contributed by atoms with van der Waals surface area (Å²) in [6.45, 7) is 5.61. The Morgan fingerprint density at radius 1 is 1.37 bits per heavy atom. The fourth-order valence-electron chi connectivity index (χ4n) is 1.96. The van der Waals surface area contributed by atoms with Crippen LogP contribution in [0, 0.1) is 11.3 Å². The highest BCUT2D eigenvalue weighted by molar-refractivity contribution is 5.83. The molecule has 0 saturated carbocycles. The zero-order valence-corrected chi connectivity index (χ0v) is 11.5. The summed E-state index contributed by atoms with van der Waals surface area (Å²) in [5.74, 6) is -2.06. The summed E-state index contributed by atoms with van der Waals surface area (Å²) in [7, 11) is 0. The van der Waals surface area contributed by atoms with E-state index in [0.717, 1.165) is 0 Å². The van der Waals surface area contributed by atoms with E-state index in [1.807, 2.05) is 0 Å². The van der Waals surface area contributed by atoms with Gasteiger partial charge in [0.1, 0.15) is 0 Å². The van der Waals surface area contributed by atoms with Crippen LogP contribution in [0.25, 0.3) is 0 Å². The van der Waals surface area contributed by atoms with E-state index in [1.165, 1.54) is 11.8 Å². The number of primary amides is 1. The lowest BCUT2D eigenvalue weighted by Crippen LogP contribution is -2.47. The molecule has 1 aliphatic heterocycles. The van der Waals surface area contributed by atoms with Crippen LogP contribution in [0.15, 0.2) is 0 Å². The number of nitrogens with two attached hydrogens (primary N) is 1. The van der Waals surface area contributed by atoms with Gasteiger partial charge in [0.05, 0.1) is 11.3 Å².